The molecule has 0 fully saturated rings. The zero-order valence-electron chi connectivity index (χ0n) is 12.0. The van der Waals surface area contributed by atoms with E-state index in [-0.39, 0.29) is 11.9 Å². The molecule has 0 saturated carbocycles. The number of nitrogens with one attached hydrogen (secondary N) is 1. The third kappa shape index (κ3) is 2.61. The van der Waals surface area contributed by atoms with Gasteiger partial charge in [-0.1, -0.05) is 35.9 Å². The highest BCUT2D eigenvalue weighted by molar-refractivity contribution is 5.38. The van der Waals surface area contributed by atoms with Crippen molar-refractivity contribution in [1.82, 2.24) is 5.32 Å². The van der Waals surface area contributed by atoms with E-state index in [2.05, 4.69) is 37.4 Å². The molecule has 0 radical (unpaired) electrons. The van der Waals surface area contributed by atoms with Gasteiger partial charge in [-0.2, -0.15) is 0 Å². The Morgan fingerprint density at radius 2 is 1.90 bits per heavy atom. The summed E-state index contributed by atoms with van der Waals surface area (Å²) >= 11 is 0. The van der Waals surface area contributed by atoms with Gasteiger partial charge in [0.05, 0.1) is 0 Å². The lowest BCUT2D eigenvalue weighted by Crippen LogP contribution is -2.23. The highest BCUT2D eigenvalue weighted by atomic mass is 19.1. The van der Waals surface area contributed by atoms with Crippen molar-refractivity contribution in [3.63, 3.8) is 0 Å². The molecule has 0 aromatic heterocycles. The number of fused-ring (bicyclic) bond motifs is 1. The lowest BCUT2D eigenvalue weighted by atomic mass is 10.0. The Kier molecular flexibility index (Phi) is 3.58. The van der Waals surface area contributed by atoms with Gasteiger partial charge < -0.3 is 5.32 Å². The molecule has 1 N–H and O–H groups in total. The summed E-state index contributed by atoms with van der Waals surface area (Å²) < 4.78 is 13.0. The molecule has 1 aliphatic carbocycles. The van der Waals surface area contributed by atoms with Crippen molar-refractivity contribution < 1.29 is 4.39 Å². The lowest BCUT2D eigenvalue weighted by Gasteiger charge is -2.21. The smallest absolute Gasteiger partial charge is 0.123 e. The van der Waals surface area contributed by atoms with E-state index < -0.39 is 0 Å². The second-order valence-corrected chi connectivity index (χ2v) is 5.73. The summed E-state index contributed by atoms with van der Waals surface area (Å²) in [5.74, 6) is -0.178. The van der Waals surface area contributed by atoms with Crippen molar-refractivity contribution in [2.24, 2.45) is 0 Å². The number of hydrogen-bond donors (Lipinski definition) is 1. The van der Waals surface area contributed by atoms with Gasteiger partial charge in [-0.3, -0.25) is 0 Å². The van der Waals surface area contributed by atoms with Crippen LogP contribution in [0.4, 0.5) is 4.39 Å². The van der Waals surface area contributed by atoms with Crippen LogP contribution in [0.5, 0.6) is 0 Å². The lowest BCUT2D eigenvalue weighted by molar-refractivity contribution is 0.464. The third-order valence-electron chi connectivity index (χ3n) is 4.20. The molecule has 104 valence electrons. The summed E-state index contributed by atoms with van der Waals surface area (Å²) in [5, 5.41) is 3.68. The molecule has 2 atom stereocenters. The summed E-state index contributed by atoms with van der Waals surface area (Å²) in [4.78, 5) is 0. The average Bonchev–Trinajstić information content (AvgIpc) is 2.82. The molecule has 0 aliphatic heterocycles. The number of rotatable bonds is 3. The molecule has 2 unspecified atom stereocenters. The maximum absolute atomic E-state index is 13.0. The van der Waals surface area contributed by atoms with E-state index in [4.69, 9.17) is 0 Å². The van der Waals surface area contributed by atoms with Gasteiger partial charge in [-0.15, -0.1) is 0 Å². The van der Waals surface area contributed by atoms with Gasteiger partial charge in [0.15, 0.2) is 0 Å². The highest BCUT2D eigenvalue weighted by Crippen LogP contribution is 2.33. The van der Waals surface area contributed by atoms with Crippen LogP contribution in [0.2, 0.25) is 0 Å². The Bertz CT molecular complexity index is 603. The maximum atomic E-state index is 13.0. The fourth-order valence-electron chi connectivity index (χ4n) is 3.04. The van der Waals surface area contributed by atoms with Gasteiger partial charge in [-0.25, -0.2) is 4.39 Å². The summed E-state index contributed by atoms with van der Waals surface area (Å²) in [7, 11) is 0. The Morgan fingerprint density at radius 1 is 1.15 bits per heavy atom. The van der Waals surface area contributed by atoms with E-state index >= 15 is 0 Å². The molecule has 3 rings (SSSR count). The molecule has 0 amide bonds. The van der Waals surface area contributed by atoms with Gasteiger partial charge in [0, 0.05) is 12.1 Å². The van der Waals surface area contributed by atoms with Crippen molar-refractivity contribution in [1.29, 1.82) is 0 Å². The van der Waals surface area contributed by atoms with Gasteiger partial charge in [0.25, 0.3) is 0 Å². The first kappa shape index (κ1) is 13.3. The van der Waals surface area contributed by atoms with Crippen LogP contribution in [0, 0.1) is 12.7 Å². The van der Waals surface area contributed by atoms with Crippen LogP contribution in [-0.4, -0.2) is 0 Å². The van der Waals surface area contributed by atoms with Gasteiger partial charge >= 0.3 is 0 Å². The Balaban J connectivity index is 1.76. The summed E-state index contributed by atoms with van der Waals surface area (Å²) in [6.45, 7) is 4.28. The first-order valence-electron chi connectivity index (χ1n) is 7.24. The number of halogens is 1. The Labute approximate surface area is 119 Å². The zero-order chi connectivity index (χ0) is 14.1. The van der Waals surface area contributed by atoms with Crippen molar-refractivity contribution >= 4 is 0 Å². The second-order valence-electron chi connectivity index (χ2n) is 5.73. The largest absolute Gasteiger partial charge is 0.303 e. The molecule has 2 aromatic rings. The van der Waals surface area contributed by atoms with E-state index in [1.54, 1.807) is 0 Å². The van der Waals surface area contributed by atoms with Crippen LogP contribution in [0.25, 0.3) is 0 Å². The molecular formula is C18H20FN. The van der Waals surface area contributed by atoms with Crippen molar-refractivity contribution in [3.8, 4) is 0 Å². The fourth-order valence-corrected chi connectivity index (χ4v) is 3.04. The molecule has 0 spiro atoms. The fraction of sp³-hybridized carbons (Fsp3) is 0.333. The molecular weight excluding hydrogens is 249 g/mol. The Morgan fingerprint density at radius 3 is 2.65 bits per heavy atom. The molecule has 0 heterocycles. The topological polar surface area (TPSA) is 12.0 Å². The number of benzene rings is 2. The number of aryl methyl sites for hydroxylation is 2. The predicted molar refractivity (Wildman–Crippen MR) is 80.2 cm³/mol. The standard InChI is InChI=1S/C18H20FN/c1-12-3-4-15-7-10-18(17(15)11-12)20-13(2)14-5-8-16(19)9-6-14/h3-6,8-9,11,13,18,20H,7,10H2,1-2H3. The molecule has 0 bridgehead atoms. The SMILES string of the molecule is Cc1ccc2c(c1)C(NC(C)c1ccc(F)cc1)CC2. The molecule has 2 heteroatoms. The zero-order valence-corrected chi connectivity index (χ0v) is 12.0. The van der Waals surface area contributed by atoms with Crippen molar-refractivity contribution in [2.45, 2.75) is 38.8 Å². The number of hydrogen-bond acceptors (Lipinski definition) is 1. The molecule has 1 nitrogen and oxygen atoms in total. The minimum absolute atomic E-state index is 0.178. The van der Waals surface area contributed by atoms with E-state index in [0.29, 0.717) is 6.04 Å². The second kappa shape index (κ2) is 5.37. The van der Waals surface area contributed by atoms with E-state index in [0.717, 1.165) is 18.4 Å². The first-order valence-corrected chi connectivity index (χ1v) is 7.24. The van der Waals surface area contributed by atoms with Crippen molar-refractivity contribution in [3.05, 3.63) is 70.5 Å². The summed E-state index contributed by atoms with van der Waals surface area (Å²) in [6, 6.07) is 14.1. The van der Waals surface area contributed by atoms with Gasteiger partial charge in [-0.05, 0) is 55.5 Å². The first-order chi connectivity index (χ1) is 9.63. The van der Waals surface area contributed by atoms with Gasteiger partial charge in [0.2, 0.25) is 0 Å². The summed E-state index contributed by atoms with van der Waals surface area (Å²) in [5.41, 5.74) is 5.33. The predicted octanol–water partition coefficient (Wildman–Crippen LogP) is 4.47. The highest BCUT2D eigenvalue weighted by Gasteiger charge is 2.23. The quantitative estimate of drug-likeness (QED) is 0.866. The molecule has 20 heavy (non-hydrogen) atoms. The van der Waals surface area contributed by atoms with E-state index in [9.17, 15) is 4.39 Å². The minimum atomic E-state index is -0.178. The molecule has 1 aliphatic rings. The van der Waals surface area contributed by atoms with Crippen molar-refractivity contribution in [2.75, 3.05) is 0 Å². The van der Waals surface area contributed by atoms with Crippen LogP contribution >= 0.6 is 0 Å². The maximum Gasteiger partial charge on any atom is 0.123 e. The van der Waals surface area contributed by atoms with Gasteiger partial charge in [0.1, 0.15) is 5.82 Å². The van der Waals surface area contributed by atoms with Crippen LogP contribution in [0.15, 0.2) is 42.5 Å². The van der Waals surface area contributed by atoms with E-state index in [1.807, 2.05) is 12.1 Å². The van der Waals surface area contributed by atoms with E-state index in [1.165, 1.54) is 28.8 Å². The summed E-state index contributed by atoms with van der Waals surface area (Å²) in [6.07, 6.45) is 2.29. The average molecular weight is 269 g/mol. The minimum Gasteiger partial charge on any atom is -0.303 e. The molecule has 2 aromatic carbocycles. The van der Waals surface area contributed by atoms with Crippen LogP contribution in [-0.2, 0) is 6.42 Å². The monoisotopic (exact) mass is 269 g/mol. The normalized spacial score (nSPS) is 18.9. The van der Waals surface area contributed by atoms with Crippen LogP contribution < -0.4 is 5.32 Å². The van der Waals surface area contributed by atoms with Crippen LogP contribution in [0.3, 0.4) is 0 Å². The van der Waals surface area contributed by atoms with Crippen LogP contribution in [0.1, 0.15) is 47.7 Å². The third-order valence-corrected chi connectivity index (χ3v) is 4.20. The Hall–Kier alpha value is -1.67. The molecule has 0 saturated heterocycles.